The summed E-state index contributed by atoms with van der Waals surface area (Å²) in [5.41, 5.74) is 0.328. The number of hydrogen-bond acceptors (Lipinski definition) is 3. The maximum Gasteiger partial charge on any atom is 0.278 e. The van der Waals surface area contributed by atoms with E-state index in [1.807, 2.05) is 0 Å². The molecule has 90 valence electrons. The summed E-state index contributed by atoms with van der Waals surface area (Å²) in [6.45, 7) is 0. The molecule has 8 heteroatoms. The van der Waals surface area contributed by atoms with Gasteiger partial charge in [-0.05, 0) is 18.2 Å². The van der Waals surface area contributed by atoms with Gasteiger partial charge in [-0.1, -0.05) is 23.2 Å². The Morgan fingerprint density at radius 3 is 2.59 bits per heavy atom. The fraction of sp³-hybridized carbons (Fsp3) is 0. The highest BCUT2D eigenvalue weighted by Crippen LogP contribution is 2.26. The summed E-state index contributed by atoms with van der Waals surface area (Å²) in [6, 6.07) is 4.45. The molecule has 1 aromatic heterocycles. The zero-order valence-corrected chi connectivity index (χ0v) is 10.6. The third-order valence-electron chi connectivity index (χ3n) is 1.93. The van der Waals surface area contributed by atoms with E-state index in [1.54, 1.807) is 0 Å². The minimum absolute atomic E-state index is 0.0245. The van der Waals surface area contributed by atoms with E-state index >= 15 is 0 Å². The van der Waals surface area contributed by atoms with E-state index in [2.05, 4.69) is 14.7 Å². The van der Waals surface area contributed by atoms with E-state index in [-0.39, 0.29) is 10.0 Å². The number of halogens is 2. The van der Waals surface area contributed by atoms with Crippen LogP contribution in [0.1, 0.15) is 0 Å². The molecule has 1 heterocycles. The van der Waals surface area contributed by atoms with E-state index in [4.69, 9.17) is 23.2 Å². The number of nitrogens with zero attached hydrogens (tertiary/aromatic N) is 1. The summed E-state index contributed by atoms with van der Waals surface area (Å²) in [5, 5.41) is 0.608. The van der Waals surface area contributed by atoms with Gasteiger partial charge in [0.1, 0.15) is 0 Å². The second-order valence-corrected chi connectivity index (χ2v) is 5.62. The van der Waals surface area contributed by atoms with Gasteiger partial charge in [-0.25, -0.2) is 4.98 Å². The maximum atomic E-state index is 11.8. The molecule has 0 aliphatic rings. The second-order valence-electron chi connectivity index (χ2n) is 3.15. The van der Waals surface area contributed by atoms with E-state index in [0.29, 0.717) is 10.7 Å². The third-order valence-corrected chi connectivity index (χ3v) is 3.98. The monoisotopic (exact) mass is 291 g/mol. The fourth-order valence-electron chi connectivity index (χ4n) is 1.16. The zero-order chi connectivity index (χ0) is 12.5. The molecule has 0 fully saturated rings. The summed E-state index contributed by atoms with van der Waals surface area (Å²) in [7, 11) is -3.67. The lowest BCUT2D eigenvalue weighted by molar-refractivity contribution is 0.598. The summed E-state index contributed by atoms with van der Waals surface area (Å²) in [4.78, 5) is 6.14. The molecule has 0 unspecified atom stereocenters. The predicted octanol–water partition coefficient (Wildman–Crippen LogP) is 2.52. The molecular weight excluding hydrogens is 285 g/mol. The molecular formula is C9H7Cl2N3O2S. The Morgan fingerprint density at radius 2 is 2.00 bits per heavy atom. The number of H-pyrrole nitrogens is 1. The number of nitrogens with one attached hydrogen (secondary N) is 2. The average Bonchev–Trinajstić information content (AvgIpc) is 2.77. The first-order valence-electron chi connectivity index (χ1n) is 4.45. The van der Waals surface area contributed by atoms with Crippen LogP contribution in [0.4, 0.5) is 5.69 Å². The Bertz CT molecular complexity index is 626. The first-order chi connectivity index (χ1) is 7.99. The Labute approximate surface area is 108 Å². The minimum atomic E-state index is -3.67. The summed E-state index contributed by atoms with van der Waals surface area (Å²) >= 11 is 11.5. The van der Waals surface area contributed by atoms with Gasteiger partial charge in [-0.3, -0.25) is 4.72 Å². The van der Waals surface area contributed by atoms with Gasteiger partial charge >= 0.3 is 0 Å². The largest absolute Gasteiger partial charge is 0.334 e. The standard InChI is InChI=1S/C9H7Cl2N3O2S/c10-7-2-1-6(3-8(7)11)14-17(15,16)9-4-12-5-13-9/h1-5,14H,(H,12,13). The molecule has 0 aliphatic carbocycles. The number of rotatable bonds is 3. The van der Waals surface area contributed by atoms with Crippen molar-refractivity contribution in [3.8, 4) is 0 Å². The topological polar surface area (TPSA) is 74.8 Å². The number of benzene rings is 1. The first-order valence-corrected chi connectivity index (χ1v) is 6.69. The van der Waals surface area contributed by atoms with E-state index in [1.165, 1.54) is 30.7 Å². The van der Waals surface area contributed by atoms with Crippen LogP contribution in [0.5, 0.6) is 0 Å². The molecule has 0 aliphatic heterocycles. The number of imidazole rings is 1. The molecule has 0 amide bonds. The van der Waals surface area contributed by atoms with Crippen molar-refractivity contribution in [1.82, 2.24) is 9.97 Å². The van der Waals surface area contributed by atoms with Crippen LogP contribution in [-0.4, -0.2) is 18.4 Å². The van der Waals surface area contributed by atoms with Crippen LogP contribution in [0.3, 0.4) is 0 Å². The lowest BCUT2D eigenvalue weighted by atomic mass is 10.3. The Kier molecular flexibility index (Phi) is 3.28. The van der Waals surface area contributed by atoms with Crippen molar-refractivity contribution in [2.45, 2.75) is 5.03 Å². The molecule has 0 spiro atoms. The molecule has 17 heavy (non-hydrogen) atoms. The van der Waals surface area contributed by atoms with Crippen molar-refractivity contribution in [1.29, 1.82) is 0 Å². The zero-order valence-electron chi connectivity index (χ0n) is 8.31. The van der Waals surface area contributed by atoms with Crippen LogP contribution in [0.15, 0.2) is 35.7 Å². The normalized spacial score (nSPS) is 11.4. The van der Waals surface area contributed by atoms with E-state index < -0.39 is 10.0 Å². The predicted molar refractivity (Wildman–Crippen MR) is 65.9 cm³/mol. The summed E-state index contributed by atoms with van der Waals surface area (Å²) < 4.78 is 25.9. The van der Waals surface area contributed by atoms with Gasteiger partial charge in [-0.2, -0.15) is 8.42 Å². The number of aromatic nitrogens is 2. The van der Waals surface area contributed by atoms with Crippen molar-refractivity contribution in [2.75, 3.05) is 4.72 Å². The van der Waals surface area contributed by atoms with E-state index in [9.17, 15) is 8.42 Å². The number of aromatic amines is 1. The van der Waals surface area contributed by atoms with Gasteiger partial charge in [0.25, 0.3) is 10.0 Å². The lowest BCUT2D eigenvalue weighted by Gasteiger charge is -2.06. The molecule has 0 radical (unpaired) electrons. The first kappa shape index (κ1) is 12.2. The molecule has 2 N–H and O–H groups in total. The van der Waals surface area contributed by atoms with Crippen molar-refractivity contribution < 1.29 is 8.42 Å². The number of sulfonamides is 1. The maximum absolute atomic E-state index is 11.8. The van der Waals surface area contributed by atoms with Gasteiger partial charge in [0.15, 0.2) is 5.03 Å². The number of hydrogen-bond donors (Lipinski definition) is 2. The Balaban J connectivity index is 2.30. The highest BCUT2D eigenvalue weighted by atomic mass is 35.5. The minimum Gasteiger partial charge on any atom is -0.334 e. The van der Waals surface area contributed by atoms with Crippen LogP contribution in [0, 0.1) is 0 Å². The third kappa shape index (κ3) is 2.71. The SMILES string of the molecule is O=S(=O)(Nc1ccc(Cl)c(Cl)c1)c1cnc[nH]1. The molecule has 2 rings (SSSR count). The quantitative estimate of drug-likeness (QED) is 0.912. The smallest absolute Gasteiger partial charge is 0.278 e. The molecule has 0 saturated carbocycles. The van der Waals surface area contributed by atoms with Gasteiger partial charge < -0.3 is 4.98 Å². The Hall–Kier alpha value is -1.24. The lowest BCUT2D eigenvalue weighted by Crippen LogP contribution is -2.13. The van der Waals surface area contributed by atoms with Gasteiger partial charge in [-0.15, -0.1) is 0 Å². The van der Waals surface area contributed by atoms with Gasteiger partial charge in [0.05, 0.1) is 28.3 Å². The van der Waals surface area contributed by atoms with Crippen molar-refractivity contribution in [2.24, 2.45) is 0 Å². The molecule has 0 bridgehead atoms. The molecule has 0 saturated heterocycles. The fourth-order valence-corrected chi connectivity index (χ4v) is 2.41. The van der Waals surface area contributed by atoms with Crippen LogP contribution in [0.25, 0.3) is 0 Å². The molecule has 2 aromatic rings. The van der Waals surface area contributed by atoms with Gasteiger partial charge in [0, 0.05) is 0 Å². The Morgan fingerprint density at radius 1 is 1.24 bits per heavy atom. The van der Waals surface area contributed by atoms with E-state index in [0.717, 1.165) is 0 Å². The second kappa shape index (κ2) is 4.56. The molecule has 5 nitrogen and oxygen atoms in total. The van der Waals surface area contributed by atoms with Crippen LogP contribution in [0.2, 0.25) is 10.0 Å². The van der Waals surface area contributed by atoms with Crippen molar-refractivity contribution in [3.05, 3.63) is 40.8 Å². The van der Waals surface area contributed by atoms with Crippen molar-refractivity contribution >= 4 is 38.9 Å². The summed E-state index contributed by atoms with van der Waals surface area (Å²) in [5.74, 6) is 0. The highest BCUT2D eigenvalue weighted by Gasteiger charge is 2.15. The van der Waals surface area contributed by atoms with Gasteiger partial charge in [0.2, 0.25) is 0 Å². The molecule has 1 aromatic carbocycles. The average molecular weight is 292 g/mol. The number of anilines is 1. The van der Waals surface area contributed by atoms with Crippen LogP contribution < -0.4 is 4.72 Å². The molecule has 0 atom stereocenters. The van der Waals surface area contributed by atoms with Crippen LogP contribution in [-0.2, 0) is 10.0 Å². The van der Waals surface area contributed by atoms with Crippen LogP contribution >= 0.6 is 23.2 Å². The highest BCUT2D eigenvalue weighted by molar-refractivity contribution is 7.92. The van der Waals surface area contributed by atoms with Crippen molar-refractivity contribution in [3.63, 3.8) is 0 Å². The summed E-state index contributed by atoms with van der Waals surface area (Å²) in [6.07, 6.45) is 2.49.